The van der Waals surface area contributed by atoms with Crippen LogP contribution in [0.4, 0.5) is 0 Å². The SMILES string of the molecule is COc1cccc(Cc2nccn2C(=S)S)c1. The molecule has 0 aliphatic heterocycles. The summed E-state index contributed by atoms with van der Waals surface area (Å²) in [6.45, 7) is 0. The molecule has 0 saturated carbocycles. The van der Waals surface area contributed by atoms with E-state index in [2.05, 4.69) is 17.6 Å². The summed E-state index contributed by atoms with van der Waals surface area (Å²) in [7, 11) is 1.66. The van der Waals surface area contributed by atoms with Crippen molar-refractivity contribution < 1.29 is 4.74 Å². The van der Waals surface area contributed by atoms with E-state index < -0.39 is 0 Å². The van der Waals surface area contributed by atoms with Crippen LogP contribution in [0, 0.1) is 0 Å². The van der Waals surface area contributed by atoms with Crippen molar-refractivity contribution in [1.82, 2.24) is 9.55 Å². The third kappa shape index (κ3) is 2.87. The van der Waals surface area contributed by atoms with E-state index >= 15 is 0 Å². The van der Waals surface area contributed by atoms with Gasteiger partial charge in [-0.2, -0.15) is 0 Å². The Bertz CT molecular complexity index is 537. The van der Waals surface area contributed by atoms with Gasteiger partial charge in [-0.1, -0.05) is 24.4 Å². The Labute approximate surface area is 111 Å². The Kier molecular flexibility index (Phi) is 3.81. The number of thiol groups is 1. The van der Waals surface area contributed by atoms with Gasteiger partial charge in [0.2, 0.25) is 0 Å². The van der Waals surface area contributed by atoms with Crippen molar-refractivity contribution in [2.45, 2.75) is 6.42 Å². The monoisotopic (exact) mass is 264 g/mol. The highest BCUT2D eigenvalue weighted by atomic mass is 32.1. The second-order valence-electron chi connectivity index (χ2n) is 3.52. The number of hydrogen-bond donors (Lipinski definition) is 1. The van der Waals surface area contributed by atoms with Crippen LogP contribution in [0.15, 0.2) is 36.7 Å². The number of thiocarbonyl (C=S) groups is 1. The molecule has 0 aliphatic carbocycles. The quantitative estimate of drug-likeness (QED) is 0.682. The fraction of sp³-hybridized carbons (Fsp3) is 0.167. The summed E-state index contributed by atoms with van der Waals surface area (Å²) in [6, 6.07) is 7.89. The van der Waals surface area contributed by atoms with Crippen LogP contribution in [-0.2, 0) is 6.42 Å². The first-order chi connectivity index (χ1) is 8.20. The van der Waals surface area contributed by atoms with Crippen LogP contribution >= 0.6 is 24.8 Å². The Morgan fingerprint density at radius 1 is 1.53 bits per heavy atom. The molecular formula is C12H12N2OS2. The van der Waals surface area contributed by atoms with E-state index in [1.54, 1.807) is 17.9 Å². The highest BCUT2D eigenvalue weighted by molar-refractivity contribution is 8.11. The number of ether oxygens (including phenoxy) is 1. The lowest BCUT2D eigenvalue weighted by molar-refractivity contribution is 0.414. The molecule has 1 aromatic carbocycles. The minimum absolute atomic E-state index is 0.500. The Morgan fingerprint density at radius 2 is 2.35 bits per heavy atom. The fourth-order valence-electron chi connectivity index (χ4n) is 1.60. The van der Waals surface area contributed by atoms with E-state index in [4.69, 9.17) is 17.0 Å². The molecule has 0 amide bonds. The van der Waals surface area contributed by atoms with Crippen molar-refractivity contribution in [3.05, 3.63) is 48.0 Å². The van der Waals surface area contributed by atoms with Gasteiger partial charge in [0.25, 0.3) is 0 Å². The van der Waals surface area contributed by atoms with Crippen molar-refractivity contribution >= 4 is 29.2 Å². The third-order valence-corrected chi connectivity index (χ3v) is 2.83. The van der Waals surface area contributed by atoms with Crippen LogP contribution in [0.2, 0.25) is 0 Å². The summed E-state index contributed by atoms with van der Waals surface area (Å²) in [5.41, 5.74) is 1.13. The lowest BCUT2D eigenvalue weighted by Crippen LogP contribution is -2.06. The number of hydrogen-bond acceptors (Lipinski definition) is 3. The third-order valence-electron chi connectivity index (χ3n) is 2.42. The van der Waals surface area contributed by atoms with E-state index in [1.807, 2.05) is 30.5 Å². The van der Waals surface area contributed by atoms with Crippen LogP contribution in [0.1, 0.15) is 11.4 Å². The normalized spacial score (nSPS) is 10.2. The smallest absolute Gasteiger partial charge is 0.142 e. The summed E-state index contributed by atoms with van der Waals surface area (Å²) in [5.74, 6) is 1.72. The molecule has 1 heterocycles. The van der Waals surface area contributed by atoms with Crippen LogP contribution in [-0.4, -0.2) is 21.0 Å². The highest BCUT2D eigenvalue weighted by Crippen LogP contribution is 2.15. The minimum Gasteiger partial charge on any atom is -0.497 e. The summed E-state index contributed by atoms with van der Waals surface area (Å²) in [4.78, 5) is 4.27. The molecule has 2 rings (SSSR count). The molecule has 0 unspecified atom stereocenters. The first-order valence-electron chi connectivity index (χ1n) is 5.09. The molecule has 5 heteroatoms. The predicted octanol–water partition coefficient (Wildman–Crippen LogP) is 2.55. The van der Waals surface area contributed by atoms with Gasteiger partial charge in [0.05, 0.1) is 7.11 Å². The molecular weight excluding hydrogens is 252 g/mol. The van der Waals surface area contributed by atoms with E-state index in [0.29, 0.717) is 10.7 Å². The standard InChI is InChI=1S/C12H12N2OS2/c1-15-10-4-2-3-9(7-10)8-11-13-5-6-14(11)12(16)17/h2-7H,8H2,1H3,(H,16,17). The maximum Gasteiger partial charge on any atom is 0.142 e. The van der Waals surface area contributed by atoms with Crippen molar-refractivity contribution in [3.8, 4) is 5.75 Å². The molecule has 0 spiro atoms. The van der Waals surface area contributed by atoms with Crippen LogP contribution in [0.25, 0.3) is 0 Å². The molecule has 0 N–H and O–H groups in total. The van der Waals surface area contributed by atoms with Gasteiger partial charge in [0.1, 0.15) is 15.9 Å². The van der Waals surface area contributed by atoms with Gasteiger partial charge in [-0.3, -0.25) is 4.57 Å². The Balaban J connectivity index is 2.25. The van der Waals surface area contributed by atoms with Gasteiger partial charge in [-0.25, -0.2) is 4.98 Å². The van der Waals surface area contributed by atoms with E-state index in [-0.39, 0.29) is 0 Å². The molecule has 17 heavy (non-hydrogen) atoms. The number of imidazole rings is 1. The van der Waals surface area contributed by atoms with Gasteiger partial charge >= 0.3 is 0 Å². The van der Waals surface area contributed by atoms with Crippen molar-refractivity contribution in [3.63, 3.8) is 0 Å². The zero-order valence-electron chi connectivity index (χ0n) is 9.33. The second kappa shape index (κ2) is 5.33. The van der Waals surface area contributed by atoms with Crippen LogP contribution < -0.4 is 4.74 Å². The molecule has 0 atom stereocenters. The van der Waals surface area contributed by atoms with Gasteiger partial charge in [0, 0.05) is 18.8 Å². The zero-order valence-corrected chi connectivity index (χ0v) is 11.0. The maximum absolute atomic E-state index is 5.18. The molecule has 3 nitrogen and oxygen atoms in total. The minimum atomic E-state index is 0.500. The Morgan fingerprint density at radius 3 is 3.06 bits per heavy atom. The van der Waals surface area contributed by atoms with Crippen molar-refractivity contribution in [2.24, 2.45) is 0 Å². The largest absolute Gasteiger partial charge is 0.497 e. The molecule has 0 bridgehead atoms. The Hall–Kier alpha value is -1.33. The second-order valence-corrected chi connectivity index (χ2v) is 4.64. The zero-order chi connectivity index (χ0) is 12.3. The maximum atomic E-state index is 5.18. The van der Waals surface area contributed by atoms with Crippen molar-refractivity contribution in [1.29, 1.82) is 0 Å². The fourth-order valence-corrected chi connectivity index (χ4v) is 1.95. The lowest BCUT2D eigenvalue weighted by atomic mass is 10.1. The number of benzene rings is 1. The van der Waals surface area contributed by atoms with Crippen molar-refractivity contribution in [2.75, 3.05) is 7.11 Å². The predicted molar refractivity (Wildman–Crippen MR) is 75.0 cm³/mol. The first-order valence-corrected chi connectivity index (χ1v) is 5.94. The number of rotatable bonds is 3. The van der Waals surface area contributed by atoms with Crippen LogP contribution in [0.3, 0.4) is 0 Å². The summed E-state index contributed by atoms with van der Waals surface area (Å²) < 4.78 is 7.47. The summed E-state index contributed by atoms with van der Waals surface area (Å²) in [6.07, 6.45) is 4.23. The molecule has 0 aliphatic rings. The summed E-state index contributed by atoms with van der Waals surface area (Å²) >= 11 is 9.19. The molecule has 0 radical (unpaired) electrons. The highest BCUT2D eigenvalue weighted by Gasteiger charge is 2.06. The average molecular weight is 264 g/mol. The molecule has 88 valence electrons. The van der Waals surface area contributed by atoms with Gasteiger partial charge in [-0.15, -0.1) is 12.6 Å². The topological polar surface area (TPSA) is 27.1 Å². The summed E-state index contributed by atoms with van der Waals surface area (Å²) in [5, 5.41) is 0. The number of aromatic nitrogens is 2. The van der Waals surface area contributed by atoms with E-state index in [0.717, 1.165) is 17.1 Å². The van der Waals surface area contributed by atoms with Crippen LogP contribution in [0.5, 0.6) is 5.75 Å². The van der Waals surface area contributed by atoms with Gasteiger partial charge in [-0.05, 0) is 17.7 Å². The molecule has 1 aromatic heterocycles. The molecule has 0 fully saturated rings. The first kappa shape index (κ1) is 12.1. The average Bonchev–Trinajstić information content (AvgIpc) is 2.77. The van der Waals surface area contributed by atoms with E-state index in [1.165, 1.54) is 0 Å². The molecule has 0 saturated heterocycles. The number of nitrogens with zero attached hydrogens (tertiary/aromatic N) is 2. The van der Waals surface area contributed by atoms with E-state index in [9.17, 15) is 0 Å². The molecule has 2 aromatic rings. The lowest BCUT2D eigenvalue weighted by Gasteiger charge is -2.06. The van der Waals surface area contributed by atoms with Gasteiger partial charge < -0.3 is 4.74 Å². The van der Waals surface area contributed by atoms with Gasteiger partial charge in [0.15, 0.2) is 0 Å². The number of methoxy groups -OCH3 is 1.